The van der Waals surface area contributed by atoms with Crippen molar-refractivity contribution < 1.29 is 19.4 Å². The Kier molecular flexibility index (Phi) is 7.14. The van der Waals surface area contributed by atoms with E-state index in [2.05, 4.69) is 20.7 Å². The van der Waals surface area contributed by atoms with Crippen LogP contribution in [0.25, 0.3) is 0 Å². The van der Waals surface area contributed by atoms with Crippen LogP contribution in [0.4, 0.5) is 17.1 Å². The molecule has 0 aliphatic carbocycles. The molecule has 0 fully saturated rings. The molecule has 1 unspecified atom stereocenters. The Balaban J connectivity index is 1.32. The number of anilines is 2. The Morgan fingerprint density at radius 2 is 1.97 bits per heavy atom. The number of aromatic nitrogens is 2. The average Bonchev–Trinajstić information content (AvgIpc) is 3.46. The van der Waals surface area contributed by atoms with Crippen molar-refractivity contribution in [2.75, 3.05) is 17.7 Å². The monoisotopic (exact) mass is 523 g/mol. The lowest BCUT2D eigenvalue weighted by atomic mass is 9.96. The number of methoxy groups -OCH3 is 1. The lowest BCUT2D eigenvalue weighted by Crippen LogP contribution is -2.17. The molecular formula is C30H29N5O4. The SMILES string of the molecule is CCn1nc(C)cc1C(=O)Nc1cccc(Cc2ccc3c(c2)C(C=Nc2ccc(OC)c(O)c2)C(=O)N3)c1. The fourth-order valence-corrected chi connectivity index (χ4v) is 4.67. The molecule has 198 valence electrons. The van der Waals surface area contributed by atoms with Crippen LogP contribution in [-0.2, 0) is 17.8 Å². The van der Waals surface area contributed by atoms with Gasteiger partial charge in [0.1, 0.15) is 11.6 Å². The summed E-state index contributed by atoms with van der Waals surface area (Å²) in [5, 5.41) is 20.2. The van der Waals surface area contributed by atoms with Crippen LogP contribution in [0.2, 0.25) is 0 Å². The van der Waals surface area contributed by atoms with Gasteiger partial charge in [-0.2, -0.15) is 5.10 Å². The van der Waals surface area contributed by atoms with Gasteiger partial charge in [0.15, 0.2) is 11.5 Å². The summed E-state index contributed by atoms with van der Waals surface area (Å²) in [6.45, 7) is 4.42. The summed E-state index contributed by atoms with van der Waals surface area (Å²) >= 11 is 0. The molecule has 1 aromatic heterocycles. The zero-order valence-electron chi connectivity index (χ0n) is 21.9. The number of rotatable bonds is 8. The summed E-state index contributed by atoms with van der Waals surface area (Å²) in [4.78, 5) is 29.9. The zero-order chi connectivity index (χ0) is 27.5. The molecule has 0 bridgehead atoms. The average molecular weight is 524 g/mol. The number of fused-ring (bicyclic) bond motifs is 1. The van der Waals surface area contributed by atoms with E-state index in [0.29, 0.717) is 35.8 Å². The maximum absolute atomic E-state index is 12.8. The highest BCUT2D eigenvalue weighted by Gasteiger charge is 2.29. The minimum absolute atomic E-state index is 0.0183. The van der Waals surface area contributed by atoms with Gasteiger partial charge in [0.05, 0.1) is 18.5 Å². The summed E-state index contributed by atoms with van der Waals surface area (Å²) in [5.41, 5.74) is 6.16. The normalized spacial score (nSPS) is 14.3. The zero-order valence-corrected chi connectivity index (χ0v) is 21.9. The lowest BCUT2D eigenvalue weighted by Gasteiger charge is -2.10. The van der Waals surface area contributed by atoms with Gasteiger partial charge in [-0.3, -0.25) is 19.3 Å². The van der Waals surface area contributed by atoms with Crippen LogP contribution >= 0.6 is 0 Å². The molecule has 1 aliphatic heterocycles. The second-order valence-corrected chi connectivity index (χ2v) is 9.34. The molecule has 0 saturated carbocycles. The molecule has 3 N–H and O–H groups in total. The van der Waals surface area contributed by atoms with Crippen molar-refractivity contribution in [3.8, 4) is 11.5 Å². The van der Waals surface area contributed by atoms with Crippen molar-refractivity contribution in [2.24, 2.45) is 4.99 Å². The maximum atomic E-state index is 12.8. The third-order valence-corrected chi connectivity index (χ3v) is 6.55. The second kappa shape index (κ2) is 10.8. The standard InChI is InChI=1S/C30H29N5O4/c1-4-35-26(12-18(2)34-35)30(38)32-22-7-5-6-19(14-22)13-20-8-10-25-23(15-20)24(29(37)33-25)17-31-21-9-11-28(39-3)27(36)16-21/h5-12,14-17,24,36H,4,13H2,1-3H3,(H,32,38)(H,33,37). The summed E-state index contributed by atoms with van der Waals surface area (Å²) in [6.07, 6.45) is 2.21. The number of nitrogens with one attached hydrogen (secondary N) is 2. The number of aryl methyl sites for hydroxylation is 2. The first-order chi connectivity index (χ1) is 18.8. The number of amides is 2. The molecule has 9 heteroatoms. The molecule has 5 rings (SSSR count). The van der Waals surface area contributed by atoms with Gasteiger partial charge in [0.2, 0.25) is 5.91 Å². The van der Waals surface area contributed by atoms with Crippen molar-refractivity contribution in [3.05, 3.63) is 94.8 Å². The fourth-order valence-electron chi connectivity index (χ4n) is 4.67. The Morgan fingerprint density at radius 3 is 2.74 bits per heavy atom. The minimum Gasteiger partial charge on any atom is -0.504 e. The third-order valence-electron chi connectivity index (χ3n) is 6.55. The fraction of sp³-hybridized carbons (Fsp3) is 0.200. The van der Waals surface area contributed by atoms with Crippen LogP contribution in [-0.4, -0.2) is 40.0 Å². The predicted octanol–water partition coefficient (Wildman–Crippen LogP) is 5.21. The molecule has 1 atom stereocenters. The number of aromatic hydroxyl groups is 1. The van der Waals surface area contributed by atoms with E-state index in [1.807, 2.05) is 56.3 Å². The Bertz CT molecular complexity index is 1590. The van der Waals surface area contributed by atoms with Crippen LogP contribution in [0, 0.1) is 6.92 Å². The molecule has 2 amide bonds. The van der Waals surface area contributed by atoms with Crippen LogP contribution < -0.4 is 15.4 Å². The lowest BCUT2D eigenvalue weighted by molar-refractivity contribution is -0.115. The largest absolute Gasteiger partial charge is 0.504 e. The van der Waals surface area contributed by atoms with E-state index in [0.717, 1.165) is 28.1 Å². The first-order valence-corrected chi connectivity index (χ1v) is 12.6. The van der Waals surface area contributed by atoms with E-state index in [-0.39, 0.29) is 17.6 Å². The number of phenolic OH excluding ortho intramolecular Hbond substituents is 1. The van der Waals surface area contributed by atoms with Gasteiger partial charge in [0.25, 0.3) is 5.91 Å². The quantitative estimate of drug-likeness (QED) is 0.274. The Labute approximate surface area is 226 Å². The molecule has 1 aliphatic rings. The molecule has 0 saturated heterocycles. The smallest absolute Gasteiger partial charge is 0.273 e. The number of aliphatic imine (C=N–C) groups is 1. The van der Waals surface area contributed by atoms with Gasteiger partial charge in [0, 0.05) is 30.2 Å². The molecule has 39 heavy (non-hydrogen) atoms. The van der Waals surface area contributed by atoms with E-state index in [9.17, 15) is 14.7 Å². The van der Waals surface area contributed by atoms with Crippen molar-refractivity contribution in [1.82, 2.24) is 9.78 Å². The van der Waals surface area contributed by atoms with Crippen molar-refractivity contribution in [2.45, 2.75) is 32.7 Å². The molecular weight excluding hydrogens is 494 g/mol. The molecule has 0 radical (unpaired) electrons. The van der Waals surface area contributed by atoms with E-state index in [1.165, 1.54) is 13.2 Å². The van der Waals surface area contributed by atoms with Gasteiger partial charge in [-0.15, -0.1) is 0 Å². The van der Waals surface area contributed by atoms with Gasteiger partial charge >= 0.3 is 0 Å². The van der Waals surface area contributed by atoms with Crippen LogP contribution in [0.5, 0.6) is 11.5 Å². The Morgan fingerprint density at radius 1 is 1.15 bits per heavy atom. The minimum atomic E-state index is -0.554. The van der Waals surface area contributed by atoms with Crippen molar-refractivity contribution >= 4 is 35.1 Å². The first-order valence-electron chi connectivity index (χ1n) is 12.6. The highest BCUT2D eigenvalue weighted by atomic mass is 16.5. The number of hydrogen-bond donors (Lipinski definition) is 3. The van der Waals surface area contributed by atoms with E-state index < -0.39 is 5.92 Å². The summed E-state index contributed by atoms with van der Waals surface area (Å²) in [7, 11) is 1.48. The number of nitrogens with zero attached hydrogens (tertiary/aromatic N) is 3. The molecule has 3 aromatic carbocycles. The molecule has 2 heterocycles. The topological polar surface area (TPSA) is 118 Å². The first kappa shape index (κ1) is 25.7. The number of benzene rings is 3. The number of phenols is 1. The number of hydrogen-bond acceptors (Lipinski definition) is 6. The summed E-state index contributed by atoms with van der Waals surface area (Å²) in [6, 6.07) is 20.2. The number of carbonyl (C=O) groups excluding carboxylic acids is 2. The van der Waals surface area contributed by atoms with Gasteiger partial charge < -0.3 is 20.5 Å². The highest BCUT2D eigenvalue weighted by Crippen LogP contribution is 2.34. The Hall–Kier alpha value is -4.92. The maximum Gasteiger partial charge on any atom is 0.273 e. The van der Waals surface area contributed by atoms with E-state index in [1.54, 1.807) is 29.1 Å². The van der Waals surface area contributed by atoms with Gasteiger partial charge in [-0.25, -0.2) is 0 Å². The van der Waals surface area contributed by atoms with E-state index >= 15 is 0 Å². The van der Waals surface area contributed by atoms with E-state index in [4.69, 9.17) is 4.74 Å². The van der Waals surface area contributed by atoms with Gasteiger partial charge in [-0.1, -0.05) is 24.3 Å². The molecule has 0 spiro atoms. The van der Waals surface area contributed by atoms with Crippen LogP contribution in [0.15, 0.2) is 71.7 Å². The summed E-state index contributed by atoms with van der Waals surface area (Å²) in [5.74, 6) is -0.579. The predicted molar refractivity (Wildman–Crippen MR) is 150 cm³/mol. The molecule has 9 nitrogen and oxygen atoms in total. The van der Waals surface area contributed by atoms with Crippen LogP contribution in [0.1, 0.15) is 45.7 Å². The molecule has 4 aromatic rings. The number of ether oxygens (including phenoxy) is 1. The van der Waals surface area contributed by atoms with Crippen LogP contribution in [0.3, 0.4) is 0 Å². The van der Waals surface area contributed by atoms with Gasteiger partial charge in [-0.05, 0) is 73.4 Å². The van der Waals surface area contributed by atoms with Crippen molar-refractivity contribution in [3.63, 3.8) is 0 Å². The third kappa shape index (κ3) is 5.52. The van der Waals surface area contributed by atoms with Crippen molar-refractivity contribution in [1.29, 1.82) is 0 Å². The summed E-state index contributed by atoms with van der Waals surface area (Å²) < 4.78 is 6.76. The number of carbonyl (C=O) groups is 2. The second-order valence-electron chi connectivity index (χ2n) is 9.34. The highest BCUT2D eigenvalue weighted by molar-refractivity contribution is 6.12.